The van der Waals surface area contributed by atoms with Gasteiger partial charge in [-0.05, 0) is 71.3 Å². The molecule has 0 fully saturated rings. The first-order valence-electron chi connectivity index (χ1n) is 9.82. The molecule has 8 heteroatoms. The number of nitrogens with one attached hydrogen (secondary N) is 3. The SMILES string of the molecule is CCCCCCOc1ccc(C(=O)NC(=S)NNC(=O)c2ccccc2C)cc1Br. The minimum absolute atomic E-state index is 0.00527. The van der Waals surface area contributed by atoms with Crippen molar-refractivity contribution >= 4 is 45.1 Å². The van der Waals surface area contributed by atoms with Crippen molar-refractivity contribution < 1.29 is 14.3 Å². The largest absolute Gasteiger partial charge is 0.492 e. The molecule has 0 heterocycles. The molecule has 0 aromatic heterocycles. The van der Waals surface area contributed by atoms with E-state index in [0.717, 1.165) is 18.4 Å². The Kier molecular flexibility index (Phi) is 9.76. The predicted molar refractivity (Wildman–Crippen MR) is 126 cm³/mol. The summed E-state index contributed by atoms with van der Waals surface area (Å²) in [6, 6.07) is 12.3. The van der Waals surface area contributed by atoms with Gasteiger partial charge in [0, 0.05) is 11.1 Å². The first-order chi connectivity index (χ1) is 14.4. The molecule has 0 aliphatic carbocycles. The number of benzene rings is 2. The number of halogens is 1. The number of thiocarbonyl (C=S) groups is 1. The molecule has 6 nitrogen and oxygen atoms in total. The number of carbonyl (C=O) groups excluding carboxylic acids is 2. The molecule has 0 saturated carbocycles. The van der Waals surface area contributed by atoms with Gasteiger partial charge >= 0.3 is 0 Å². The van der Waals surface area contributed by atoms with Crippen molar-refractivity contribution in [3.8, 4) is 5.75 Å². The maximum atomic E-state index is 12.4. The Hall–Kier alpha value is -2.45. The van der Waals surface area contributed by atoms with E-state index >= 15 is 0 Å². The van der Waals surface area contributed by atoms with Gasteiger partial charge in [-0.3, -0.25) is 25.8 Å². The highest BCUT2D eigenvalue weighted by Gasteiger charge is 2.12. The van der Waals surface area contributed by atoms with E-state index in [0.29, 0.717) is 28.0 Å². The quantitative estimate of drug-likeness (QED) is 0.284. The van der Waals surface area contributed by atoms with E-state index in [9.17, 15) is 9.59 Å². The highest BCUT2D eigenvalue weighted by Crippen LogP contribution is 2.26. The summed E-state index contributed by atoms with van der Waals surface area (Å²) in [4.78, 5) is 24.6. The van der Waals surface area contributed by atoms with Gasteiger partial charge in [-0.25, -0.2) is 0 Å². The average molecular weight is 492 g/mol. The summed E-state index contributed by atoms with van der Waals surface area (Å²) >= 11 is 8.52. The summed E-state index contributed by atoms with van der Waals surface area (Å²) in [6.07, 6.45) is 4.51. The lowest BCUT2D eigenvalue weighted by atomic mass is 10.1. The van der Waals surface area contributed by atoms with E-state index in [1.165, 1.54) is 12.8 Å². The zero-order valence-corrected chi connectivity index (χ0v) is 19.5. The lowest BCUT2D eigenvalue weighted by Gasteiger charge is -2.13. The molecule has 2 amide bonds. The molecule has 0 radical (unpaired) electrons. The first kappa shape index (κ1) is 23.8. The minimum Gasteiger partial charge on any atom is -0.492 e. The van der Waals surface area contributed by atoms with E-state index in [1.807, 2.05) is 19.1 Å². The Bertz CT molecular complexity index is 905. The zero-order valence-electron chi connectivity index (χ0n) is 17.1. The number of rotatable bonds is 8. The van der Waals surface area contributed by atoms with Gasteiger partial charge in [0.1, 0.15) is 5.75 Å². The predicted octanol–water partition coefficient (Wildman–Crippen LogP) is 4.67. The zero-order chi connectivity index (χ0) is 21.9. The molecule has 0 aliphatic rings. The number of aryl methyl sites for hydroxylation is 1. The van der Waals surface area contributed by atoms with Crippen LogP contribution >= 0.6 is 28.1 Å². The summed E-state index contributed by atoms with van der Waals surface area (Å²) in [5.41, 5.74) is 6.79. The second kappa shape index (κ2) is 12.3. The van der Waals surface area contributed by atoms with Crippen LogP contribution in [0.5, 0.6) is 5.75 Å². The van der Waals surface area contributed by atoms with Crippen molar-refractivity contribution in [2.75, 3.05) is 6.61 Å². The van der Waals surface area contributed by atoms with Gasteiger partial charge in [0.15, 0.2) is 5.11 Å². The van der Waals surface area contributed by atoms with Crippen LogP contribution in [-0.2, 0) is 0 Å². The molecule has 2 aromatic rings. The van der Waals surface area contributed by atoms with Crippen LogP contribution in [0.15, 0.2) is 46.9 Å². The van der Waals surface area contributed by atoms with Gasteiger partial charge in [0.05, 0.1) is 11.1 Å². The molecular weight excluding hydrogens is 466 g/mol. The molecule has 2 aromatic carbocycles. The second-order valence-electron chi connectivity index (χ2n) is 6.73. The number of ether oxygens (including phenoxy) is 1. The highest BCUT2D eigenvalue weighted by atomic mass is 79.9. The van der Waals surface area contributed by atoms with Crippen molar-refractivity contribution in [1.82, 2.24) is 16.2 Å². The third-order valence-corrected chi connectivity index (χ3v) is 5.18. The fraction of sp³-hybridized carbons (Fsp3) is 0.318. The first-order valence-corrected chi connectivity index (χ1v) is 11.0. The Balaban J connectivity index is 1.83. The maximum Gasteiger partial charge on any atom is 0.269 e. The summed E-state index contributed by atoms with van der Waals surface area (Å²) in [5, 5.41) is 2.53. The van der Waals surface area contributed by atoms with Crippen molar-refractivity contribution in [3.63, 3.8) is 0 Å². The summed E-state index contributed by atoms with van der Waals surface area (Å²) in [6.45, 7) is 4.64. The van der Waals surface area contributed by atoms with Crippen LogP contribution in [0.1, 0.15) is 58.9 Å². The van der Waals surface area contributed by atoms with Crippen molar-refractivity contribution in [2.45, 2.75) is 39.5 Å². The molecule has 0 bridgehead atoms. The van der Waals surface area contributed by atoms with Gasteiger partial charge in [-0.1, -0.05) is 44.4 Å². The summed E-state index contributed by atoms with van der Waals surface area (Å²) in [7, 11) is 0. The molecule has 0 aliphatic heterocycles. The van der Waals surface area contributed by atoms with Crippen molar-refractivity contribution in [2.24, 2.45) is 0 Å². The van der Waals surface area contributed by atoms with E-state index in [-0.39, 0.29) is 11.0 Å². The fourth-order valence-corrected chi connectivity index (χ4v) is 3.32. The van der Waals surface area contributed by atoms with Gasteiger partial charge < -0.3 is 4.74 Å². The van der Waals surface area contributed by atoms with Crippen LogP contribution in [0, 0.1) is 6.92 Å². The van der Waals surface area contributed by atoms with Crippen LogP contribution in [-0.4, -0.2) is 23.5 Å². The highest BCUT2D eigenvalue weighted by molar-refractivity contribution is 9.10. The monoisotopic (exact) mass is 491 g/mol. The van der Waals surface area contributed by atoms with E-state index in [4.69, 9.17) is 17.0 Å². The number of hydrogen-bond donors (Lipinski definition) is 3. The van der Waals surface area contributed by atoms with Crippen LogP contribution in [0.3, 0.4) is 0 Å². The molecule has 160 valence electrons. The number of hydrogen-bond acceptors (Lipinski definition) is 4. The molecule has 0 unspecified atom stereocenters. The lowest BCUT2D eigenvalue weighted by Crippen LogP contribution is -2.48. The molecule has 3 N–H and O–H groups in total. The van der Waals surface area contributed by atoms with Gasteiger partial charge in [-0.2, -0.15) is 0 Å². The van der Waals surface area contributed by atoms with Crippen LogP contribution in [0.25, 0.3) is 0 Å². The second-order valence-corrected chi connectivity index (χ2v) is 7.99. The molecule has 0 saturated heterocycles. The fourth-order valence-electron chi connectivity index (χ4n) is 2.69. The molecule has 0 spiro atoms. The smallest absolute Gasteiger partial charge is 0.269 e. The Morgan fingerprint density at radius 3 is 2.50 bits per heavy atom. The third kappa shape index (κ3) is 7.42. The number of carbonyl (C=O) groups is 2. The van der Waals surface area contributed by atoms with Crippen LogP contribution in [0.4, 0.5) is 0 Å². The van der Waals surface area contributed by atoms with E-state index in [2.05, 4.69) is 39.0 Å². The standard InChI is InChI=1S/C22H26BrN3O3S/c1-3-4-5-8-13-29-19-12-11-16(14-18(19)23)20(27)24-22(30)26-25-21(28)17-10-7-6-9-15(17)2/h6-7,9-12,14H,3-5,8,13H2,1-2H3,(H,25,28)(H2,24,26,27,30). The Morgan fingerprint density at radius 2 is 1.80 bits per heavy atom. The summed E-state index contributed by atoms with van der Waals surface area (Å²) in [5.74, 6) is -0.0463. The van der Waals surface area contributed by atoms with Crippen LogP contribution in [0.2, 0.25) is 0 Å². The molecule has 30 heavy (non-hydrogen) atoms. The molecule has 0 atom stereocenters. The van der Waals surface area contributed by atoms with Crippen LogP contribution < -0.4 is 20.9 Å². The number of hydrazine groups is 1. The maximum absolute atomic E-state index is 12.4. The third-order valence-electron chi connectivity index (χ3n) is 4.36. The normalized spacial score (nSPS) is 10.2. The Labute approximate surface area is 190 Å². The van der Waals surface area contributed by atoms with Crippen molar-refractivity contribution in [3.05, 3.63) is 63.6 Å². The van der Waals surface area contributed by atoms with Gasteiger partial charge in [-0.15, -0.1) is 0 Å². The van der Waals surface area contributed by atoms with Crippen molar-refractivity contribution in [1.29, 1.82) is 0 Å². The minimum atomic E-state index is -0.396. The average Bonchev–Trinajstić information content (AvgIpc) is 2.73. The number of amides is 2. The number of unbranched alkanes of at least 4 members (excludes halogenated alkanes) is 3. The van der Waals surface area contributed by atoms with E-state index < -0.39 is 5.91 Å². The molecule has 2 rings (SSSR count). The lowest BCUT2D eigenvalue weighted by molar-refractivity contribution is 0.0934. The Morgan fingerprint density at radius 1 is 1.03 bits per heavy atom. The van der Waals surface area contributed by atoms with Gasteiger partial charge in [0.2, 0.25) is 0 Å². The molecular formula is C22H26BrN3O3S. The topological polar surface area (TPSA) is 79.5 Å². The van der Waals surface area contributed by atoms with Gasteiger partial charge in [0.25, 0.3) is 11.8 Å². The van der Waals surface area contributed by atoms with E-state index in [1.54, 1.807) is 30.3 Å². The summed E-state index contributed by atoms with van der Waals surface area (Å²) < 4.78 is 6.44.